The number of nitriles is 1. The molecule has 0 aliphatic rings. The summed E-state index contributed by atoms with van der Waals surface area (Å²) in [4.78, 5) is 0. The van der Waals surface area contributed by atoms with Crippen LogP contribution in [0.3, 0.4) is 0 Å². The summed E-state index contributed by atoms with van der Waals surface area (Å²) in [5.74, 6) is -1.23. The van der Waals surface area contributed by atoms with Crippen molar-refractivity contribution in [2.45, 2.75) is 18.6 Å². The largest absolute Gasteiger partial charge is 0.416 e. The van der Waals surface area contributed by atoms with Crippen LogP contribution in [0.4, 0.5) is 17.6 Å². The summed E-state index contributed by atoms with van der Waals surface area (Å²) >= 11 is 5.40. The molecule has 0 aromatic heterocycles. The third-order valence-corrected chi connectivity index (χ3v) is 2.41. The summed E-state index contributed by atoms with van der Waals surface area (Å²) in [5.41, 5.74) is 3.37. The van der Waals surface area contributed by atoms with Crippen LogP contribution in [0, 0.1) is 17.1 Å². The lowest BCUT2D eigenvalue weighted by Crippen LogP contribution is -2.19. The smallest absolute Gasteiger partial charge is 0.323 e. The SMILES string of the molecule is N#CC[C@@H](N)c1c(C(F)(F)F)ccc(Cl)c1F. The van der Waals surface area contributed by atoms with Crippen molar-refractivity contribution in [1.29, 1.82) is 5.26 Å². The van der Waals surface area contributed by atoms with Crippen LogP contribution < -0.4 is 5.73 Å². The molecule has 0 aliphatic heterocycles. The van der Waals surface area contributed by atoms with Gasteiger partial charge in [0.15, 0.2) is 0 Å². The predicted octanol–water partition coefficient (Wildman–Crippen LogP) is 3.41. The molecule has 0 saturated carbocycles. The van der Waals surface area contributed by atoms with Gasteiger partial charge in [0.2, 0.25) is 0 Å². The molecule has 0 amide bonds. The van der Waals surface area contributed by atoms with Gasteiger partial charge >= 0.3 is 6.18 Å². The molecule has 0 unspecified atom stereocenters. The van der Waals surface area contributed by atoms with E-state index in [1.54, 1.807) is 6.07 Å². The van der Waals surface area contributed by atoms with Crippen molar-refractivity contribution in [2.24, 2.45) is 5.73 Å². The molecule has 0 aliphatic carbocycles. The van der Waals surface area contributed by atoms with Crippen LogP contribution in [0.1, 0.15) is 23.6 Å². The van der Waals surface area contributed by atoms with Gasteiger partial charge in [-0.1, -0.05) is 11.6 Å². The Kier molecular flexibility index (Phi) is 3.96. The number of benzene rings is 1. The van der Waals surface area contributed by atoms with Gasteiger partial charge in [-0.2, -0.15) is 18.4 Å². The Bertz CT molecular complexity index is 465. The first-order chi connectivity index (χ1) is 7.79. The summed E-state index contributed by atoms with van der Waals surface area (Å²) < 4.78 is 51.4. The maximum atomic E-state index is 13.5. The van der Waals surface area contributed by atoms with Crippen molar-refractivity contribution in [3.05, 3.63) is 34.1 Å². The number of hydrogen-bond donors (Lipinski definition) is 1. The molecule has 2 N–H and O–H groups in total. The van der Waals surface area contributed by atoms with E-state index in [-0.39, 0.29) is 0 Å². The number of halogens is 5. The molecule has 7 heteroatoms. The molecule has 0 heterocycles. The van der Waals surface area contributed by atoms with E-state index in [4.69, 9.17) is 22.6 Å². The fraction of sp³-hybridized carbons (Fsp3) is 0.300. The van der Waals surface area contributed by atoms with Crippen molar-refractivity contribution in [3.8, 4) is 6.07 Å². The molecule has 0 saturated heterocycles. The fourth-order valence-corrected chi connectivity index (χ4v) is 1.54. The normalized spacial score (nSPS) is 13.2. The van der Waals surface area contributed by atoms with Gasteiger partial charge in [-0.05, 0) is 12.1 Å². The molecule has 17 heavy (non-hydrogen) atoms. The van der Waals surface area contributed by atoms with E-state index in [0.717, 1.165) is 6.07 Å². The zero-order chi connectivity index (χ0) is 13.2. The first-order valence-electron chi connectivity index (χ1n) is 4.46. The molecule has 1 aromatic carbocycles. The standard InChI is InChI=1S/C10H7ClF4N2/c11-6-2-1-5(10(13,14)15)8(9(6)12)7(17)3-4-16/h1-2,7H,3,17H2/t7-/m1/s1. The average Bonchev–Trinajstić information content (AvgIpc) is 2.20. The van der Waals surface area contributed by atoms with Gasteiger partial charge in [0.25, 0.3) is 0 Å². The number of alkyl halides is 3. The highest BCUT2D eigenvalue weighted by atomic mass is 35.5. The number of hydrogen-bond acceptors (Lipinski definition) is 2. The summed E-state index contributed by atoms with van der Waals surface area (Å²) in [7, 11) is 0. The highest BCUT2D eigenvalue weighted by molar-refractivity contribution is 6.30. The average molecular weight is 267 g/mol. The van der Waals surface area contributed by atoms with Crippen molar-refractivity contribution in [1.82, 2.24) is 0 Å². The lowest BCUT2D eigenvalue weighted by atomic mass is 9.98. The van der Waals surface area contributed by atoms with E-state index in [2.05, 4.69) is 0 Å². The Labute approximate surface area is 99.6 Å². The summed E-state index contributed by atoms with van der Waals surface area (Å²) in [6.07, 6.45) is -5.17. The number of nitrogens with two attached hydrogens (primary N) is 1. The van der Waals surface area contributed by atoms with E-state index >= 15 is 0 Å². The summed E-state index contributed by atoms with van der Waals surface area (Å²) in [6, 6.07) is 1.68. The van der Waals surface area contributed by atoms with Crippen molar-refractivity contribution in [3.63, 3.8) is 0 Å². The van der Waals surface area contributed by atoms with E-state index in [9.17, 15) is 17.6 Å². The van der Waals surface area contributed by atoms with Crippen LogP contribution >= 0.6 is 11.6 Å². The van der Waals surface area contributed by atoms with Crippen LogP contribution in [0.25, 0.3) is 0 Å². The maximum Gasteiger partial charge on any atom is 0.416 e. The van der Waals surface area contributed by atoms with Crippen LogP contribution in [0.2, 0.25) is 5.02 Å². The minimum absolute atomic E-state index is 0.430. The van der Waals surface area contributed by atoms with Crippen LogP contribution in [0.5, 0.6) is 0 Å². The van der Waals surface area contributed by atoms with Crippen LogP contribution in [0.15, 0.2) is 12.1 Å². The third-order valence-electron chi connectivity index (χ3n) is 2.12. The topological polar surface area (TPSA) is 49.8 Å². The van der Waals surface area contributed by atoms with Crippen molar-refractivity contribution < 1.29 is 17.6 Å². The molecule has 0 bridgehead atoms. The molecule has 0 spiro atoms. The van der Waals surface area contributed by atoms with Gasteiger partial charge in [0.1, 0.15) is 5.82 Å². The highest BCUT2D eigenvalue weighted by Gasteiger charge is 2.36. The van der Waals surface area contributed by atoms with Crippen molar-refractivity contribution in [2.75, 3.05) is 0 Å². The summed E-state index contributed by atoms with van der Waals surface area (Å²) in [5, 5.41) is 7.93. The fourth-order valence-electron chi connectivity index (χ4n) is 1.38. The lowest BCUT2D eigenvalue weighted by Gasteiger charge is -2.17. The van der Waals surface area contributed by atoms with Crippen molar-refractivity contribution >= 4 is 11.6 Å². The van der Waals surface area contributed by atoms with E-state index in [1.165, 1.54) is 0 Å². The van der Waals surface area contributed by atoms with Gasteiger partial charge in [-0.15, -0.1) is 0 Å². The first-order valence-corrected chi connectivity index (χ1v) is 4.84. The molecule has 0 radical (unpaired) electrons. The molecule has 1 atom stereocenters. The highest BCUT2D eigenvalue weighted by Crippen LogP contribution is 2.38. The Morgan fingerprint density at radius 1 is 1.41 bits per heavy atom. The second-order valence-electron chi connectivity index (χ2n) is 3.29. The molecular weight excluding hydrogens is 260 g/mol. The molecular formula is C10H7ClF4N2. The van der Waals surface area contributed by atoms with Gasteiger partial charge in [-0.3, -0.25) is 0 Å². The lowest BCUT2D eigenvalue weighted by molar-refractivity contribution is -0.138. The van der Waals surface area contributed by atoms with E-state index in [0.29, 0.717) is 6.07 Å². The van der Waals surface area contributed by atoms with Crippen LogP contribution in [-0.4, -0.2) is 0 Å². The quantitative estimate of drug-likeness (QED) is 0.834. The molecule has 0 fully saturated rings. The maximum absolute atomic E-state index is 13.5. The monoisotopic (exact) mass is 266 g/mol. The second-order valence-corrected chi connectivity index (χ2v) is 3.70. The zero-order valence-electron chi connectivity index (χ0n) is 8.35. The Hall–Kier alpha value is -1.32. The molecule has 2 nitrogen and oxygen atoms in total. The van der Waals surface area contributed by atoms with E-state index in [1.807, 2.05) is 0 Å². The van der Waals surface area contributed by atoms with Gasteiger partial charge in [0.05, 0.1) is 23.1 Å². The molecule has 1 rings (SSSR count). The Morgan fingerprint density at radius 2 is 2.00 bits per heavy atom. The van der Waals surface area contributed by atoms with Gasteiger partial charge < -0.3 is 5.73 Å². The third kappa shape index (κ3) is 2.87. The first kappa shape index (κ1) is 13.7. The number of rotatable bonds is 2. The summed E-state index contributed by atoms with van der Waals surface area (Å²) in [6.45, 7) is 0. The Morgan fingerprint density at radius 3 is 2.47 bits per heavy atom. The van der Waals surface area contributed by atoms with Gasteiger partial charge in [-0.25, -0.2) is 4.39 Å². The van der Waals surface area contributed by atoms with Crippen LogP contribution in [-0.2, 0) is 6.18 Å². The molecule has 1 aromatic rings. The van der Waals surface area contributed by atoms with Gasteiger partial charge in [0, 0.05) is 11.6 Å². The molecule has 92 valence electrons. The minimum Gasteiger partial charge on any atom is -0.323 e. The Balaban J connectivity index is 3.43. The minimum atomic E-state index is -4.74. The second kappa shape index (κ2) is 4.90. The predicted molar refractivity (Wildman–Crippen MR) is 53.6 cm³/mol. The number of nitrogens with zero attached hydrogens (tertiary/aromatic N) is 1. The van der Waals surface area contributed by atoms with E-state index < -0.39 is 40.6 Å². The zero-order valence-corrected chi connectivity index (χ0v) is 9.11.